The molecule has 1 saturated carbocycles. The Balaban J connectivity index is 1.46. The van der Waals surface area contributed by atoms with Crippen LogP contribution in [0.5, 0.6) is 23.0 Å². The van der Waals surface area contributed by atoms with Crippen LogP contribution in [0.1, 0.15) is 106 Å². The second-order valence-corrected chi connectivity index (χ2v) is 19.5. The van der Waals surface area contributed by atoms with Crippen LogP contribution < -0.4 is 19.5 Å². The molecular weight excluding hydrogens is 879 g/mol. The number of aliphatic hydroxyl groups excluding tert-OH is 2. The molecule has 0 spiro atoms. The molecule has 0 aromatic heterocycles. The van der Waals surface area contributed by atoms with E-state index in [1.807, 2.05) is 19.1 Å². The van der Waals surface area contributed by atoms with Gasteiger partial charge in [-0.05, 0) is 123 Å². The number of rotatable bonds is 23. The molecule has 7 rings (SSSR count). The molecule has 16 heteroatoms. The van der Waals surface area contributed by atoms with Gasteiger partial charge in [-0.1, -0.05) is 37.1 Å². The lowest BCUT2D eigenvalue weighted by Crippen LogP contribution is -2.70. The van der Waals surface area contributed by atoms with E-state index in [1.165, 1.54) is 30.5 Å². The Morgan fingerprint density at radius 3 is 2.43 bits per heavy atom. The average molecular weight is 944 g/mol. The first kappa shape index (κ1) is 49.8. The summed E-state index contributed by atoms with van der Waals surface area (Å²) in [6.45, 7) is 8.07. The van der Waals surface area contributed by atoms with Gasteiger partial charge in [-0.15, -0.1) is 6.58 Å². The fourth-order valence-corrected chi connectivity index (χ4v) is 12.1. The highest BCUT2D eigenvalue weighted by atomic mass is 32.2. The van der Waals surface area contributed by atoms with Crippen molar-refractivity contribution in [1.29, 1.82) is 0 Å². The van der Waals surface area contributed by atoms with Gasteiger partial charge < -0.3 is 44.1 Å². The zero-order valence-corrected chi connectivity index (χ0v) is 39.6. The topological polar surface area (TPSA) is 192 Å². The third kappa shape index (κ3) is 11.0. The number of sulfonamides is 1. The van der Waals surface area contributed by atoms with Gasteiger partial charge in [0.15, 0.2) is 6.29 Å². The molecule has 3 aromatic rings. The Labute approximate surface area is 394 Å². The molecule has 0 bridgehead atoms. The van der Waals surface area contributed by atoms with Crippen LogP contribution in [0.4, 0.5) is 5.69 Å². The number of hydrogen-bond donors (Lipinski definition) is 3. The summed E-state index contributed by atoms with van der Waals surface area (Å²) >= 11 is 0. The van der Waals surface area contributed by atoms with Crippen molar-refractivity contribution in [2.24, 2.45) is 22.9 Å². The van der Waals surface area contributed by atoms with Crippen LogP contribution in [0.3, 0.4) is 0 Å². The molecule has 67 heavy (non-hydrogen) atoms. The number of aldehydes is 1. The van der Waals surface area contributed by atoms with E-state index in [9.17, 15) is 19.8 Å². The van der Waals surface area contributed by atoms with E-state index in [4.69, 9.17) is 33.7 Å². The van der Waals surface area contributed by atoms with Gasteiger partial charge in [-0.2, -0.15) is 4.31 Å². The maximum Gasteiger partial charge on any atom is 0.243 e. The van der Waals surface area contributed by atoms with Crippen LogP contribution in [0.2, 0.25) is 0 Å². The van der Waals surface area contributed by atoms with Crippen molar-refractivity contribution in [3.05, 3.63) is 96.1 Å². The number of carbonyl (C=O) groups is 2. The Morgan fingerprint density at radius 2 is 1.76 bits per heavy atom. The predicted octanol–water partition coefficient (Wildman–Crippen LogP) is 8.52. The lowest BCUT2D eigenvalue weighted by atomic mass is 9.55. The number of allylic oxidation sites excluding steroid dienone is 1. The highest BCUT2D eigenvalue weighted by Gasteiger charge is 2.66. The number of hydrogen-bond acceptors (Lipinski definition) is 13. The minimum absolute atomic E-state index is 0.0273. The van der Waals surface area contributed by atoms with Crippen molar-refractivity contribution in [3.8, 4) is 23.0 Å². The van der Waals surface area contributed by atoms with Crippen LogP contribution in [-0.2, 0) is 29.1 Å². The number of carbonyl (C=O) groups excluding carboxylic acids is 2. The Hall–Kier alpha value is -5.10. The van der Waals surface area contributed by atoms with Crippen molar-refractivity contribution in [1.82, 2.24) is 4.31 Å². The number of nitrogens with one attached hydrogen (secondary N) is 1. The third-order valence-electron chi connectivity index (χ3n) is 13.2. The molecule has 362 valence electrons. The molecule has 1 amide bonds. The van der Waals surface area contributed by atoms with Gasteiger partial charge >= 0.3 is 0 Å². The van der Waals surface area contributed by atoms with E-state index in [0.29, 0.717) is 91.4 Å². The Kier molecular flexibility index (Phi) is 16.9. The minimum Gasteiger partial charge on any atom is -0.496 e. The number of fused-ring (bicyclic) bond motifs is 2. The van der Waals surface area contributed by atoms with Crippen molar-refractivity contribution < 1.29 is 56.7 Å². The molecule has 3 N–H and O–H groups in total. The fourth-order valence-electron chi connectivity index (χ4n) is 10.3. The number of benzene rings is 3. The summed E-state index contributed by atoms with van der Waals surface area (Å²) in [5.41, 5.74) is 3.00. The number of nitrogens with zero attached hydrogens (tertiary/aromatic N) is 2. The molecule has 7 unspecified atom stereocenters. The SMILES string of the molecule is C=CCOC12Oc3ccc(Oc4ccc(OC)c(C=O)c4)cc3C3C(CCCCO)C(CCCCO)C=C(C(=NOC4CCCCO4)CC1N(CCC)S(=O)(=O)c1ccc(NC(C)=O)cc1)C32. The number of aliphatic hydroxyl groups is 2. The van der Waals surface area contributed by atoms with Crippen LogP contribution in [-0.4, -0.2) is 99.0 Å². The fraction of sp³-hybridized carbons (Fsp3) is 0.510. The van der Waals surface area contributed by atoms with Crippen molar-refractivity contribution in [2.75, 3.05) is 45.4 Å². The first-order valence-corrected chi connectivity index (χ1v) is 25.0. The predicted molar refractivity (Wildman–Crippen MR) is 253 cm³/mol. The zero-order chi connectivity index (χ0) is 47.6. The average Bonchev–Trinajstić information content (AvgIpc) is 3.33. The molecule has 15 nitrogen and oxygen atoms in total. The summed E-state index contributed by atoms with van der Waals surface area (Å²) in [6.07, 6.45) is 11.2. The first-order chi connectivity index (χ1) is 32.5. The normalized spacial score (nSPS) is 25.0. The lowest BCUT2D eigenvalue weighted by Gasteiger charge is -2.59. The van der Waals surface area contributed by atoms with Gasteiger partial charge in [0.1, 0.15) is 23.0 Å². The van der Waals surface area contributed by atoms with E-state index in [2.05, 4.69) is 18.0 Å². The maximum atomic E-state index is 15.3. The molecule has 1 saturated heterocycles. The van der Waals surface area contributed by atoms with E-state index in [-0.39, 0.29) is 61.3 Å². The largest absolute Gasteiger partial charge is 0.496 e. The number of anilines is 1. The molecular formula is C51H65N3O12S. The summed E-state index contributed by atoms with van der Waals surface area (Å²) in [5, 5.41) is 27.6. The molecule has 2 fully saturated rings. The summed E-state index contributed by atoms with van der Waals surface area (Å²) in [6, 6.07) is 15.7. The Bertz CT molecular complexity index is 2370. The van der Waals surface area contributed by atoms with E-state index in [1.54, 1.807) is 42.5 Å². The van der Waals surface area contributed by atoms with Crippen molar-refractivity contribution >= 4 is 33.6 Å². The number of methoxy groups -OCH3 is 1. The summed E-state index contributed by atoms with van der Waals surface area (Å²) in [7, 11) is -2.80. The van der Waals surface area contributed by atoms with Crippen molar-refractivity contribution in [2.45, 2.75) is 113 Å². The Morgan fingerprint density at radius 1 is 1.01 bits per heavy atom. The molecule has 2 heterocycles. The number of unbranched alkanes of at least 4 members (excludes halogenated alkanes) is 2. The highest BCUT2D eigenvalue weighted by molar-refractivity contribution is 7.89. The lowest BCUT2D eigenvalue weighted by molar-refractivity contribution is -0.251. The summed E-state index contributed by atoms with van der Waals surface area (Å²) in [5.74, 6) is -1.24. The van der Waals surface area contributed by atoms with E-state index < -0.39 is 34.1 Å². The molecule has 7 atom stereocenters. The first-order valence-electron chi connectivity index (χ1n) is 23.6. The van der Waals surface area contributed by atoms with Crippen LogP contribution in [0, 0.1) is 17.8 Å². The molecule has 3 aromatic carbocycles. The standard InChI is InChI=1S/C51H65N3O12S/c1-5-24-54(67(59,60)40-20-16-37(17-21-40)52-34(3)58)47-32-44(53-66-48-15-9-12-28-62-48)42-30-35(13-7-10-25-55)41(14-8-11-26-56)49-43-31-39(64-38-18-22-45(61-4)36(29-38)33-57)19-23-46(43)65-51(47,50(42)49)63-27-6-2/h6,16-23,29-31,33,35,41,47-50,55-56H,2,5,7-15,24-28,32H2,1,3-4H3,(H,52,58). The maximum absolute atomic E-state index is 15.3. The van der Waals surface area contributed by atoms with Crippen LogP contribution in [0.25, 0.3) is 0 Å². The molecule has 4 aliphatic rings. The van der Waals surface area contributed by atoms with Crippen LogP contribution >= 0.6 is 0 Å². The number of amides is 1. The molecule has 2 aliphatic heterocycles. The van der Waals surface area contributed by atoms with Gasteiger partial charge in [0.25, 0.3) is 0 Å². The zero-order valence-electron chi connectivity index (χ0n) is 38.8. The minimum atomic E-state index is -4.30. The second-order valence-electron chi connectivity index (χ2n) is 17.6. The summed E-state index contributed by atoms with van der Waals surface area (Å²) < 4.78 is 64.3. The quantitative estimate of drug-likeness (QED) is 0.0356. The molecule has 0 radical (unpaired) electrons. The summed E-state index contributed by atoms with van der Waals surface area (Å²) in [4.78, 5) is 30.2. The number of oxime groups is 1. The van der Waals surface area contributed by atoms with Gasteiger partial charge in [-0.25, -0.2) is 8.42 Å². The smallest absolute Gasteiger partial charge is 0.243 e. The van der Waals surface area contributed by atoms with Gasteiger partial charge in [0.2, 0.25) is 28.0 Å². The van der Waals surface area contributed by atoms with Crippen LogP contribution in [0.15, 0.2) is 95.0 Å². The van der Waals surface area contributed by atoms with E-state index in [0.717, 1.165) is 36.8 Å². The van der Waals surface area contributed by atoms with Crippen molar-refractivity contribution in [3.63, 3.8) is 0 Å². The van der Waals surface area contributed by atoms with E-state index >= 15 is 8.42 Å². The van der Waals surface area contributed by atoms with Gasteiger partial charge in [0.05, 0.1) is 48.5 Å². The highest BCUT2D eigenvalue weighted by Crippen LogP contribution is 2.62. The van der Waals surface area contributed by atoms with Gasteiger partial charge in [0, 0.05) is 56.7 Å². The monoisotopic (exact) mass is 943 g/mol. The third-order valence-corrected chi connectivity index (χ3v) is 15.1. The molecule has 2 aliphatic carbocycles. The number of ether oxygens (including phenoxy) is 5. The van der Waals surface area contributed by atoms with Gasteiger partial charge in [-0.3, -0.25) is 9.59 Å². The second kappa shape index (κ2) is 22.8.